The first-order valence-electron chi connectivity index (χ1n) is 10.3. The van der Waals surface area contributed by atoms with Crippen LogP contribution in [0, 0.1) is 5.92 Å². The number of rotatable bonds is 9. The Kier molecular flexibility index (Phi) is 7.12. The minimum absolute atomic E-state index is 0.221. The maximum atomic E-state index is 5.77. The van der Waals surface area contributed by atoms with Crippen LogP contribution in [0.25, 0.3) is 5.70 Å². The lowest BCUT2D eigenvalue weighted by Crippen LogP contribution is -2.55. The zero-order valence-corrected chi connectivity index (χ0v) is 17.4. The monoisotopic (exact) mass is 378 g/mol. The summed E-state index contributed by atoms with van der Waals surface area (Å²) in [4.78, 5) is 4.93. The molecule has 3 N–H and O–H groups in total. The lowest BCUT2D eigenvalue weighted by atomic mass is 9.98. The van der Waals surface area contributed by atoms with Crippen LogP contribution in [0.4, 0.5) is 0 Å². The molecule has 2 aromatic rings. The molecule has 4 nitrogen and oxygen atoms in total. The van der Waals surface area contributed by atoms with Crippen LogP contribution in [-0.2, 0) is 6.54 Å². The fourth-order valence-electron chi connectivity index (χ4n) is 4.13. The molecular weight excluding hydrogens is 344 g/mol. The van der Waals surface area contributed by atoms with Gasteiger partial charge >= 0.3 is 0 Å². The van der Waals surface area contributed by atoms with Gasteiger partial charge in [0.15, 0.2) is 0 Å². The molecule has 1 heterocycles. The second-order valence-corrected chi connectivity index (χ2v) is 8.01. The smallest absolute Gasteiger partial charge is 0.115 e. The molecule has 1 aliphatic rings. The molecule has 150 valence electrons. The van der Waals surface area contributed by atoms with E-state index >= 15 is 0 Å². The third kappa shape index (κ3) is 4.94. The van der Waals surface area contributed by atoms with Crippen molar-refractivity contribution >= 4 is 5.70 Å². The van der Waals surface area contributed by atoms with Gasteiger partial charge in [-0.1, -0.05) is 74.5 Å². The molecule has 0 aliphatic carbocycles. The zero-order chi connectivity index (χ0) is 19.9. The van der Waals surface area contributed by atoms with Crippen molar-refractivity contribution < 1.29 is 0 Å². The molecule has 0 saturated carbocycles. The van der Waals surface area contributed by atoms with Crippen molar-refractivity contribution in [3.8, 4) is 0 Å². The van der Waals surface area contributed by atoms with E-state index in [0.29, 0.717) is 12.0 Å². The van der Waals surface area contributed by atoms with E-state index in [9.17, 15) is 0 Å². The molecule has 0 fully saturated rings. The van der Waals surface area contributed by atoms with Gasteiger partial charge in [0.2, 0.25) is 0 Å². The average Bonchev–Trinajstić information content (AvgIpc) is 3.11. The van der Waals surface area contributed by atoms with Gasteiger partial charge in [0.25, 0.3) is 0 Å². The minimum Gasteiger partial charge on any atom is -0.362 e. The fraction of sp³-hybridized carbons (Fsp3) is 0.417. The molecule has 4 heteroatoms. The van der Waals surface area contributed by atoms with E-state index in [2.05, 4.69) is 103 Å². The van der Waals surface area contributed by atoms with Gasteiger partial charge in [0.1, 0.15) is 6.17 Å². The molecule has 0 amide bonds. The second-order valence-electron chi connectivity index (χ2n) is 8.01. The number of hydrogen-bond acceptors (Lipinski definition) is 4. The number of nitrogens with one attached hydrogen (secondary N) is 1. The van der Waals surface area contributed by atoms with Gasteiger partial charge in [-0.2, -0.15) is 0 Å². The van der Waals surface area contributed by atoms with Crippen LogP contribution in [0.3, 0.4) is 0 Å². The lowest BCUT2D eigenvalue weighted by molar-refractivity contribution is 0.0875. The van der Waals surface area contributed by atoms with Crippen molar-refractivity contribution in [2.24, 2.45) is 11.7 Å². The molecule has 2 unspecified atom stereocenters. The maximum absolute atomic E-state index is 5.77. The SMILES string of the molecule is CC(C)C(C1NC(c2ccccc2)=CN1Cc1ccccc1)N(C)CCCN. The first kappa shape index (κ1) is 20.4. The second kappa shape index (κ2) is 9.76. The first-order chi connectivity index (χ1) is 13.6. The van der Waals surface area contributed by atoms with Crippen LogP contribution in [0.15, 0.2) is 66.9 Å². The van der Waals surface area contributed by atoms with Crippen LogP contribution >= 0.6 is 0 Å². The number of benzene rings is 2. The third-order valence-electron chi connectivity index (χ3n) is 5.48. The van der Waals surface area contributed by atoms with Gasteiger partial charge in [-0.3, -0.25) is 4.90 Å². The van der Waals surface area contributed by atoms with Crippen molar-refractivity contribution in [1.29, 1.82) is 0 Å². The summed E-state index contributed by atoms with van der Waals surface area (Å²) in [6.07, 6.45) is 3.53. The molecule has 0 spiro atoms. The maximum Gasteiger partial charge on any atom is 0.115 e. The molecule has 2 aromatic carbocycles. The fourth-order valence-corrected chi connectivity index (χ4v) is 4.13. The Morgan fingerprint density at radius 3 is 2.29 bits per heavy atom. The van der Waals surface area contributed by atoms with E-state index in [1.165, 1.54) is 16.8 Å². The van der Waals surface area contributed by atoms with E-state index in [1.54, 1.807) is 0 Å². The summed E-state index contributed by atoms with van der Waals surface area (Å²) in [5.41, 5.74) is 9.52. The Hall–Kier alpha value is -2.30. The topological polar surface area (TPSA) is 44.5 Å². The van der Waals surface area contributed by atoms with Crippen LogP contribution in [0.5, 0.6) is 0 Å². The number of nitrogens with zero attached hydrogens (tertiary/aromatic N) is 2. The molecule has 28 heavy (non-hydrogen) atoms. The predicted molar refractivity (Wildman–Crippen MR) is 118 cm³/mol. The van der Waals surface area contributed by atoms with E-state index in [-0.39, 0.29) is 6.17 Å². The Labute approximate surface area is 170 Å². The standard InChI is InChI=1S/C24H34N4/c1-19(2)23(27(3)16-10-15-25)24-26-22(21-13-8-5-9-14-21)18-28(24)17-20-11-6-4-7-12-20/h4-9,11-14,18-19,23-24,26H,10,15-17,25H2,1-3H3. The van der Waals surface area contributed by atoms with Crippen molar-refractivity contribution in [3.63, 3.8) is 0 Å². The van der Waals surface area contributed by atoms with Gasteiger partial charge in [-0.25, -0.2) is 0 Å². The highest BCUT2D eigenvalue weighted by Crippen LogP contribution is 2.28. The van der Waals surface area contributed by atoms with Crippen molar-refractivity contribution in [2.45, 2.75) is 39.0 Å². The zero-order valence-electron chi connectivity index (χ0n) is 17.4. The normalized spacial score (nSPS) is 17.7. The number of likely N-dealkylation sites (N-methyl/N-ethyl adjacent to an activating group) is 1. The molecule has 0 saturated heterocycles. The van der Waals surface area contributed by atoms with Crippen molar-refractivity contribution in [2.75, 3.05) is 20.1 Å². The molecule has 2 atom stereocenters. The summed E-state index contributed by atoms with van der Waals surface area (Å²) in [5, 5.41) is 3.83. The van der Waals surface area contributed by atoms with E-state index in [1.807, 2.05) is 0 Å². The molecule has 0 radical (unpaired) electrons. The summed E-state index contributed by atoms with van der Waals surface area (Å²) >= 11 is 0. The average molecular weight is 379 g/mol. The summed E-state index contributed by atoms with van der Waals surface area (Å²) in [6, 6.07) is 21.7. The highest BCUT2D eigenvalue weighted by atomic mass is 15.4. The lowest BCUT2D eigenvalue weighted by Gasteiger charge is -2.40. The summed E-state index contributed by atoms with van der Waals surface area (Å²) in [6.45, 7) is 7.26. The molecular formula is C24H34N4. The first-order valence-corrected chi connectivity index (χ1v) is 10.3. The predicted octanol–water partition coefficient (Wildman–Crippen LogP) is 3.72. The van der Waals surface area contributed by atoms with Gasteiger partial charge in [-0.15, -0.1) is 0 Å². The minimum atomic E-state index is 0.221. The van der Waals surface area contributed by atoms with Crippen molar-refractivity contribution in [3.05, 3.63) is 78.0 Å². The number of nitrogens with two attached hydrogens (primary N) is 1. The highest BCUT2D eigenvalue weighted by molar-refractivity contribution is 5.65. The highest BCUT2D eigenvalue weighted by Gasteiger charge is 2.35. The quantitative estimate of drug-likeness (QED) is 0.698. The largest absolute Gasteiger partial charge is 0.362 e. The van der Waals surface area contributed by atoms with E-state index in [0.717, 1.165) is 26.1 Å². The van der Waals surface area contributed by atoms with Gasteiger partial charge in [0, 0.05) is 12.7 Å². The number of hydrogen-bond donors (Lipinski definition) is 2. The van der Waals surface area contributed by atoms with E-state index in [4.69, 9.17) is 5.73 Å². The Morgan fingerprint density at radius 1 is 1.04 bits per heavy atom. The van der Waals surface area contributed by atoms with Crippen LogP contribution in [-0.4, -0.2) is 42.1 Å². The van der Waals surface area contributed by atoms with Crippen molar-refractivity contribution in [1.82, 2.24) is 15.1 Å². The van der Waals surface area contributed by atoms with Crippen LogP contribution < -0.4 is 11.1 Å². The third-order valence-corrected chi connectivity index (χ3v) is 5.48. The Morgan fingerprint density at radius 2 is 1.68 bits per heavy atom. The molecule has 3 rings (SSSR count). The summed E-state index contributed by atoms with van der Waals surface area (Å²) in [7, 11) is 2.23. The summed E-state index contributed by atoms with van der Waals surface area (Å²) in [5.74, 6) is 0.516. The molecule has 0 aromatic heterocycles. The Bertz CT molecular complexity index is 742. The molecule has 0 bridgehead atoms. The van der Waals surface area contributed by atoms with E-state index < -0.39 is 0 Å². The van der Waals surface area contributed by atoms with Crippen LogP contribution in [0.1, 0.15) is 31.4 Å². The van der Waals surface area contributed by atoms with Crippen LogP contribution in [0.2, 0.25) is 0 Å². The molecule has 1 aliphatic heterocycles. The summed E-state index contributed by atoms with van der Waals surface area (Å²) < 4.78 is 0. The van der Waals surface area contributed by atoms with Gasteiger partial charge in [-0.05, 0) is 43.6 Å². The van der Waals surface area contributed by atoms with Gasteiger partial charge in [0.05, 0.1) is 11.7 Å². The van der Waals surface area contributed by atoms with Gasteiger partial charge < -0.3 is 16.0 Å². The Balaban J connectivity index is 1.88.